The van der Waals surface area contributed by atoms with E-state index in [-0.39, 0.29) is 17.7 Å². The highest BCUT2D eigenvalue weighted by molar-refractivity contribution is 5.97. The Morgan fingerprint density at radius 3 is 2.85 bits per heavy atom. The van der Waals surface area contributed by atoms with Crippen molar-refractivity contribution in [3.05, 3.63) is 35.4 Å². The molecule has 0 aliphatic heterocycles. The van der Waals surface area contributed by atoms with Crippen LogP contribution in [-0.2, 0) is 11.3 Å². The van der Waals surface area contributed by atoms with Gasteiger partial charge < -0.3 is 16.3 Å². The maximum absolute atomic E-state index is 12.1. The molecular weight excluding hydrogens is 254 g/mol. The fraction of sp³-hybridized carbons (Fsp3) is 0.467. The summed E-state index contributed by atoms with van der Waals surface area (Å²) in [6.45, 7) is 0.487. The molecule has 1 aromatic rings. The minimum Gasteiger partial charge on any atom is -0.409 e. The lowest BCUT2D eigenvalue weighted by molar-refractivity contribution is -0.123. The van der Waals surface area contributed by atoms with E-state index in [1.165, 1.54) is 19.3 Å². The van der Waals surface area contributed by atoms with Gasteiger partial charge >= 0.3 is 0 Å². The normalized spacial score (nSPS) is 28.0. The number of rotatable bonds is 4. The Labute approximate surface area is 117 Å². The molecule has 5 heteroatoms. The van der Waals surface area contributed by atoms with Crippen molar-refractivity contribution in [2.75, 3.05) is 0 Å². The Balaban J connectivity index is 1.57. The molecule has 20 heavy (non-hydrogen) atoms. The van der Waals surface area contributed by atoms with Crippen molar-refractivity contribution in [1.29, 1.82) is 0 Å². The molecule has 0 spiro atoms. The molecule has 4 N–H and O–H groups in total. The molecule has 2 atom stereocenters. The maximum Gasteiger partial charge on any atom is 0.223 e. The summed E-state index contributed by atoms with van der Waals surface area (Å²) in [5, 5.41) is 14.6. The van der Waals surface area contributed by atoms with Crippen LogP contribution in [-0.4, -0.2) is 17.0 Å². The third-order valence-corrected chi connectivity index (χ3v) is 4.51. The van der Waals surface area contributed by atoms with E-state index in [9.17, 15) is 4.79 Å². The van der Waals surface area contributed by atoms with Gasteiger partial charge in [0.25, 0.3) is 0 Å². The molecule has 1 amide bonds. The molecule has 0 saturated heterocycles. The van der Waals surface area contributed by atoms with Crippen LogP contribution in [0.25, 0.3) is 0 Å². The van der Waals surface area contributed by atoms with Crippen LogP contribution in [0, 0.1) is 17.8 Å². The highest BCUT2D eigenvalue weighted by atomic mass is 16.4. The van der Waals surface area contributed by atoms with E-state index in [1.807, 2.05) is 18.2 Å². The van der Waals surface area contributed by atoms with Crippen LogP contribution in [0.15, 0.2) is 29.4 Å². The smallest absolute Gasteiger partial charge is 0.223 e. The van der Waals surface area contributed by atoms with Crippen LogP contribution in [0.2, 0.25) is 0 Å². The van der Waals surface area contributed by atoms with Crippen LogP contribution in [0.3, 0.4) is 0 Å². The molecule has 5 nitrogen and oxygen atoms in total. The lowest BCUT2D eigenvalue weighted by Gasteiger charge is -2.08. The summed E-state index contributed by atoms with van der Waals surface area (Å²) < 4.78 is 0. The van der Waals surface area contributed by atoms with Gasteiger partial charge in [-0.3, -0.25) is 4.79 Å². The van der Waals surface area contributed by atoms with Crippen LogP contribution < -0.4 is 11.1 Å². The quantitative estimate of drug-likeness (QED) is 0.336. The van der Waals surface area contributed by atoms with Crippen molar-refractivity contribution >= 4 is 11.7 Å². The number of nitrogens with one attached hydrogen (secondary N) is 1. The number of amides is 1. The minimum absolute atomic E-state index is 0.0786. The summed E-state index contributed by atoms with van der Waals surface area (Å²) in [6.07, 6.45) is 3.70. The van der Waals surface area contributed by atoms with Gasteiger partial charge in [0, 0.05) is 18.0 Å². The Morgan fingerprint density at radius 2 is 2.15 bits per heavy atom. The second-order valence-corrected chi connectivity index (χ2v) is 5.69. The first-order valence-corrected chi connectivity index (χ1v) is 7.05. The standard InChI is InChI=1S/C15H19N3O2/c16-14(18-20)10-4-1-3-9(7-10)8-17-15(19)13-11-5-2-6-12(11)13/h1,3-4,7,11-13,20H,2,5-6,8H2,(H2,16,18)(H,17,19). The number of benzene rings is 1. The van der Waals surface area contributed by atoms with Gasteiger partial charge in [-0.2, -0.15) is 0 Å². The zero-order valence-electron chi connectivity index (χ0n) is 11.2. The largest absolute Gasteiger partial charge is 0.409 e. The first-order valence-electron chi connectivity index (χ1n) is 7.05. The first-order chi connectivity index (χ1) is 9.70. The van der Waals surface area contributed by atoms with Crippen molar-refractivity contribution in [2.24, 2.45) is 28.6 Å². The van der Waals surface area contributed by atoms with Crippen LogP contribution in [0.4, 0.5) is 0 Å². The number of oxime groups is 1. The Kier molecular flexibility index (Phi) is 3.34. The fourth-order valence-electron chi connectivity index (χ4n) is 3.42. The van der Waals surface area contributed by atoms with Gasteiger partial charge in [0.15, 0.2) is 5.84 Å². The number of carbonyl (C=O) groups is 1. The Morgan fingerprint density at radius 1 is 1.40 bits per heavy atom. The van der Waals surface area contributed by atoms with Crippen molar-refractivity contribution in [2.45, 2.75) is 25.8 Å². The van der Waals surface area contributed by atoms with Gasteiger partial charge in [0.1, 0.15) is 0 Å². The maximum atomic E-state index is 12.1. The Hall–Kier alpha value is -2.04. The molecule has 0 bridgehead atoms. The van der Waals surface area contributed by atoms with E-state index in [1.54, 1.807) is 6.07 Å². The topological polar surface area (TPSA) is 87.7 Å². The van der Waals surface area contributed by atoms with E-state index < -0.39 is 0 Å². The van der Waals surface area contributed by atoms with Gasteiger partial charge in [0.2, 0.25) is 5.91 Å². The highest BCUT2D eigenvalue weighted by Crippen LogP contribution is 2.57. The molecule has 2 aliphatic rings. The number of amidine groups is 1. The van der Waals surface area contributed by atoms with Crippen LogP contribution >= 0.6 is 0 Å². The van der Waals surface area contributed by atoms with Crippen molar-refractivity contribution in [3.63, 3.8) is 0 Å². The van der Waals surface area contributed by atoms with E-state index in [0.717, 1.165) is 5.56 Å². The van der Waals surface area contributed by atoms with E-state index in [2.05, 4.69) is 10.5 Å². The number of carbonyl (C=O) groups excluding carboxylic acids is 1. The molecule has 2 fully saturated rings. The molecule has 0 heterocycles. The summed E-state index contributed by atoms with van der Waals surface area (Å²) in [5.41, 5.74) is 7.16. The average molecular weight is 273 g/mol. The monoisotopic (exact) mass is 273 g/mol. The summed E-state index contributed by atoms with van der Waals surface area (Å²) in [4.78, 5) is 12.1. The molecule has 0 radical (unpaired) electrons. The Bertz CT molecular complexity index is 546. The van der Waals surface area contributed by atoms with Gasteiger partial charge in [-0.1, -0.05) is 29.8 Å². The van der Waals surface area contributed by atoms with Crippen LogP contribution in [0.1, 0.15) is 30.4 Å². The van der Waals surface area contributed by atoms with Crippen LogP contribution in [0.5, 0.6) is 0 Å². The fourth-order valence-corrected chi connectivity index (χ4v) is 3.42. The van der Waals surface area contributed by atoms with E-state index in [4.69, 9.17) is 10.9 Å². The third-order valence-electron chi connectivity index (χ3n) is 4.51. The van der Waals surface area contributed by atoms with Gasteiger partial charge in [-0.25, -0.2) is 0 Å². The van der Waals surface area contributed by atoms with Gasteiger partial charge in [-0.05, 0) is 36.3 Å². The predicted octanol–water partition coefficient (Wildman–Crippen LogP) is 1.44. The number of fused-ring (bicyclic) bond motifs is 1. The first kappa shape index (κ1) is 13.0. The molecule has 2 saturated carbocycles. The summed E-state index contributed by atoms with van der Waals surface area (Å²) in [6, 6.07) is 7.34. The van der Waals surface area contributed by atoms with Crippen molar-refractivity contribution in [3.8, 4) is 0 Å². The molecule has 3 rings (SSSR count). The average Bonchev–Trinajstić information content (AvgIpc) is 2.97. The second-order valence-electron chi connectivity index (χ2n) is 5.69. The lowest BCUT2D eigenvalue weighted by atomic mass is 10.1. The van der Waals surface area contributed by atoms with Gasteiger partial charge in [0.05, 0.1) is 0 Å². The van der Waals surface area contributed by atoms with E-state index >= 15 is 0 Å². The zero-order chi connectivity index (χ0) is 14.1. The van der Waals surface area contributed by atoms with E-state index in [0.29, 0.717) is 23.9 Å². The zero-order valence-corrected chi connectivity index (χ0v) is 11.2. The van der Waals surface area contributed by atoms with Crippen molar-refractivity contribution < 1.29 is 10.0 Å². The molecule has 2 unspecified atom stereocenters. The van der Waals surface area contributed by atoms with Gasteiger partial charge in [-0.15, -0.1) is 0 Å². The predicted molar refractivity (Wildman–Crippen MR) is 75.1 cm³/mol. The number of nitrogens with zero attached hydrogens (tertiary/aromatic N) is 1. The molecule has 1 aromatic carbocycles. The van der Waals surface area contributed by atoms with Crippen molar-refractivity contribution in [1.82, 2.24) is 5.32 Å². The summed E-state index contributed by atoms with van der Waals surface area (Å²) >= 11 is 0. The SMILES string of the molecule is N/C(=N/O)c1cccc(CNC(=O)C2C3CCCC32)c1. The molecule has 106 valence electrons. The summed E-state index contributed by atoms with van der Waals surface area (Å²) in [5.74, 6) is 1.77. The second kappa shape index (κ2) is 5.15. The molecule has 2 aliphatic carbocycles. The summed E-state index contributed by atoms with van der Waals surface area (Å²) in [7, 11) is 0. The number of nitrogens with two attached hydrogens (primary N) is 1. The number of hydrogen-bond donors (Lipinski definition) is 3. The highest BCUT2D eigenvalue weighted by Gasteiger charge is 2.56. The minimum atomic E-state index is 0.0786. The number of hydrogen-bond acceptors (Lipinski definition) is 3. The molecule has 0 aromatic heterocycles. The molecular formula is C15H19N3O2. The third kappa shape index (κ3) is 2.35. The lowest BCUT2D eigenvalue weighted by Crippen LogP contribution is -2.26.